The van der Waals surface area contributed by atoms with Crippen LogP contribution in [0.15, 0.2) is 28.8 Å². The molecule has 1 aromatic heterocycles. The second-order valence-corrected chi connectivity index (χ2v) is 6.90. The van der Waals surface area contributed by atoms with E-state index in [9.17, 15) is 4.79 Å². The number of hydrogen-bond donors (Lipinski definition) is 1. The SMILES string of the molecule is Cc1noc(CCC(=O)NC(C)c2ccc(C(C)(C)C)cc2)n1. The third kappa shape index (κ3) is 4.91. The van der Waals surface area contributed by atoms with Crippen molar-refractivity contribution in [1.29, 1.82) is 0 Å². The van der Waals surface area contributed by atoms with Gasteiger partial charge < -0.3 is 9.84 Å². The highest BCUT2D eigenvalue weighted by Gasteiger charge is 2.15. The number of aryl methyl sites for hydroxylation is 2. The molecule has 0 aliphatic rings. The van der Waals surface area contributed by atoms with Crippen LogP contribution in [0.1, 0.15) is 63.0 Å². The number of rotatable bonds is 5. The summed E-state index contributed by atoms with van der Waals surface area (Å²) in [7, 11) is 0. The van der Waals surface area contributed by atoms with Crippen molar-refractivity contribution in [2.75, 3.05) is 0 Å². The zero-order valence-electron chi connectivity index (χ0n) is 14.5. The third-order valence-corrected chi connectivity index (χ3v) is 3.79. The second-order valence-electron chi connectivity index (χ2n) is 6.90. The Morgan fingerprint density at radius 3 is 2.43 bits per heavy atom. The maximum absolute atomic E-state index is 12.0. The van der Waals surface area contributed by atoms with E-state index < -0.39 is 0 Å². The lowest BCUT2D eigenvalue weighted by Gasteiger charge is -2.20. The Bertz CT molecular complexity index is 654. The number of aromatic nitrogens is 2. The van der Waals surface area contributed by atoms with E-state index in [0.29, 0.717) is 24.6 Å². The topological polar surface area (TPSA) is 68.0 Å². The highest BCUT2D eigenvalue weighted by atomic mass is 16.5. The monoisotopic (exact) mass is 315 g/mol. The molecule has 1 unspecified atom stereocenters. The number of nitrogens with zero attached hydrogens (tertiary/aromatic N) is 2. The van der Waals surface area contributed by atoms with E-state index in [1.807, 2.05) is 6.92 Å². The minimum absolute atomic E-state index is 0.0201. The van der Waals surface area contributed by atoms with Gasteiger partial charge in [0, 0.05) is 12.8 Å². The van der Waals surface area contributed by atoms with Crippen LogP contribution in [0.3, 0.4) is 0 Å². The number of carbonyl (C=O) groups excluding carboxylic acids is 1. The molecular weight excluding hydrogens is 290 g/mol. The molecule has 0 saturated carbocycles. The quantitative estimate of drug-likeness (QED) is 0.917. The number of amides is 1. The third-order valence-electron chi connectivity index (χ3n) is 3.79. The number of hydrogen-bond acceptors (Lipinski definition) is 4. The van der Waals surface area contributed by atoms with Crippen LogP contribution in [0.2, 0.25) is 0 Å². The van der Waals surface area contributed by atoms with Crippen LogP contribution in [-0.4, -0.2) is 16.0 Å². The molecule has 0 saturated heterocycles. The van der Waals surface area contributed by atoms with E-state index in [1.165, 1.54) is 5.56 Å². The Morgan fingerprint density at radius 1 is 1.26 bits per heavy atom. The summed E-state index contributed by atoms with van der Waals surface area (Å²) in [5.41, 5.74) is 2.51. The minimum atomic E-state index is -0.0269. The lowest BCUT2D eigenvalue weighted by atomic mass is 9.86. The Kier molecular flexibility index (Phi) is 5.19. The molecule has 0 bridgehead atoms. The zero-order chi connectivity index (χ0) is 17.0. The van der Waals surface area contributed by atoms with Crippen molar-refractivity contribution in [3.05, 3.63) is 47.1 Å². The van der Waals surface area contributed by atoms with Crippen molar-refractivity contribution in [2.45, 2.75) is 58.9 Å². The largest absolute Gasteiger partial charge is 0.350 e. The molecule has 0 spiro atoms. The molecule has 0 aliphatic carbocycles. The van der Waals surface area contributed by atoms with Gasteiger partial charge in [-0.2, -0.15) is 4.98 Å². The van der Waals surface area contributed by atoms with Crippen molar-refractivity contribution >= 4 is 5.91 Å². The van der Waals surface area contributed by atoms with Gasteiger partial charge in [0.25, 0.3) is 0 Å². The molecule has 1 aromatic carbocycles. The molecule has 1 N–H and O–H groups in total. The fourth-order valence-electron chi connectivity index (χ4n) is 2.33. The van der Waals surface area contributed by atoms with Crippen molar-refractivity contribution < 1.29 is 9.32 Å². The molecule has 0 aliphatic heterocycles. The minimum Gasteiger partial charge on any atom is -0.350 e. The van der Waals surface area contributed by atoms with E-state index in [0.717, 1.165) is 5.56 Å². The van der Waals surface area contributed by atoms with Crippen LogP contribution in [0.5, 0.6) is 0 Å². The molecule has 0 fully saturated rings. The van der Waals surface area contributed by atoms with Gasteiger partial charge in [0.05, 0.1) is 6.04 Å². The first-order chi connectivity index (χ1) is 10.8. The van der Waals surface area contributed by atoms with Crippen molar-refractivity contribution in [3.63, 3.8) is 0 Å². The molecule has 0 radical (unpaired) electrons. The van der Waals surface area contributed by atoms with Crippen molar-refractivity contribution in [2.24, 2.45) is 0 Å². The molecular formula is C18H25N3O2. The standard InChI is InChI=1S/C18H25N3O2/c1-12(14-6-8-15(9-7-14)18(3,4)5)19-16(22)10-11-17-20-13(2)21-23-17/h6-9,12H,10-11H2,1-5H3,(H,19,22). The van der Waals surface area contributed by atoms with Crippen LogP contribution >= 0.6 is 0 Å². The first-order valence-corrected chi connectivity index (χ1v) is 7.94. The smallest absolute Gasteiger partial charge is 0.227 e. The normalized spacial score (nSPS) is 12.9. The van der Waals surface area contributed by atoms with Gasteiger partial charge in [-0.15, -0.1) is 0 Å². The lowest BCUT2D eigenvalue weighted by molar-refractivity contribution is -0.121. The van der Waals surface area contributed by atoms with Gasteiger partial charge in [0.2, 0.25) is 11.8 Å². The van der Waals surface area contributed by atoms with Crippen LogP contribution in [0.25, 0.3) is 0 Å². The van der Waals surface area contributed by atoms with Gasteiger partial charge in [-0.05, 0) is 30.4 Å². The van der Waals surface area contributed by atoms with E-state index in [4.69, 9.17) is 4.52 Å². The summed E-state index contributed by atoms with van der Waals surface area (Å²) < 4.78 is 5.01. The summed E-state index contributed by atoms with van der Waals surface area (Å²) in [4.78, 5) is 16.1. The molecule has 5 nitrogen and oxygen atoms in total. The molecule has 124 valence electrons. The summed E-state index contributed by atoms with van der Waals surface area (Å²) in [5, 5.41) is 6.72. The number of nitrogens with one attached hydrogen (secondary N) is 1. The van der Waals surface area contributed by atoms with E-state index in [1.54, 1.807) is 6.92 Å². The first kappa shape index (κ1) is 17.2. The fraction of sp³-hybridized carbons (Fsp3) is 0.500. The molecule has 2 aromatic rings. The van der Waals surface area contributed by atoms with Crippen LogP contribution in [0.4, 0.5) is 0 Å². The molecule has 23 heavy (non-hydrogen) atoms. The van der Waals surface area contributed by atoms with Gasteiger partial charge in [-0.1, -0.05) is 50.2 Å². The fourth-order valence-corrected chi connectivity index (χ4v) is 2.33. The van der Waals surface area contributed by atoms with E-state index in [2.05, 4.69) is 60.5 Å². The highest BCUT2D eigenvalue weighted by Crippen LogP contribution is 2.23. The maximum atomic E-state index is 12.0. The molecule has 1 atom stereocenters. The summed E-state index contributed by atoms with van der Waals surface area (Å²) in [6, 6.07) is 8.37. The van der Waals surface area contributed by atoms with Crippen molar-refractivity contribution in [3.8, 4) is 0 Å². The Hall–Kier alpha value is -2.17. The van der Waals surface area contributed by atoms with Gasteiger partial charge in [-0.25, -0.2) is 0 Å². The van der Waals surface area contributed by atoms with Gasteiger partial charge in [0.1, 0.15) is 0 Å². The first-order valence-electron chi connectivity index (χ1n) is 7.94. The summed E-state index contributed by atoms with van der Waals surface area (Å²) in [6.07, 6.45) is 0.800. The summed E-state index contributed by atoms with van der Waals surface area (Å²) in [5.74, 6) is 1.07. The average molecular weight is 315 g/mol. The van der Waals surface area contributed by atoms with E-state index in [-0.39, 0.29) is 17.4 Å². The summed E-state index contributed by atoms with van der Waals surface area (Å²) >= 11 is 0. The Balaban J connectivity index is 1.88. The average Bonchev–Trinajstić information content (AvgIpc) is 2.90. The maximum Gasteiger partial charge on any atom is 0.227 e. The highest BCUT2D eigenvalue weighted by molar-refractivity contribution is 5.76. The Labute approximate surface area is 137 Å². The van der Waals surface area contributed by atoms with Gasteiger partial charge in [-0.3, -0.25) is 4.79 Å². The predicted octanol–water partition coefficient (Wildman–Crippen LogP) is 3.49. The van der Waals surface area contributed by atoms with Crippen molar-refractivity contribution in [1.82, 2.24) is 15.5 Å². The number of benzene rings is 1. The summed E-state index contributed by atoms with van der Waals surface area (Å²) in [6.45, 7) is 10.3. The number of carbonyl (C=O) groups is 1. The Morgan fingerprint density at radius 2 is 1.91 bits per heavy atom. The lowest BCUT2D eigenvalue weighted by Crippen LogP contribution is -2.27. The molecule has 2 rings (SSSR count). The molecule has 5 heteroatoms. The predicted molar refractivity (Wildman–Crippen MR) is 89.1 cm³/mol. The molecule has 1 heterocycles. The van der Waals surface area contributed by atoms with Crippen LogP contribution in [0, 0.1) is 6.92 Å². The van der Waals surface area contributed by atoms with Crippen LogP contribution in [-0.2, 0) is 16.6 Å². The second kappa shape index (κ2) is 6.94. The molecule has 1 amide bonds. The van der Waals surface area contributed by atoms with E-state index >= 15 is 0 Å². The van der Waals surface area contributed by atoms with Crippen LogP contribution < -0.4 is 5.32 Å². The zero-order valence-corrected chi connectivity index (χ0v) is 14.5. The van der Waals surface area contributed by atoms with Gasteiger partial charge in [0.15, 0.2) is 5.82 Å². The van der Waals surface area contributed by atoms with Gasteiger partial charge >= 0.3 is 0 Å².